The number of likely N-dealkylation sites (tertiary alicyclic amines) is 1. The zero-order chi connectivity index (χ0) is 13.8. The second kappa shape index (κ2) is 6.59. The standard InChI is InChI=1S/C17H26N2O/c1-2-9-19-10-7-15(8-11-19)18-12-14-13-20-17-6-4-3-5-16(14)17/h3-6,14-15,18H,2,7-13H2,1H3. The first kappa shape index (κ1) is 13.9. The van der Waals surface area contributed by atoms with Gasteiger partial charge in [0.05, 0.1) is 6.61 Å². The molecule has 2 aliphatic rings. The third-order valence-corrected chi connectivity index (χ3v) is 4.58. The van der Waals surface area contributed by atoms with E-state index >= 15 is 0 Å². The third kappa shape index (κ3) is 3.15. The van der Waals surface area contributed by atoms with Crippen molar-refractivity contribution in [1.29, 1.82) is 0 Å². The van der Waals surface area contributed by atoms with Crippen LogP contribution in [0.1, 0.15) is 37.7 Å². The van der Waals surface area contributed by atoms with Crippen LogP contribution in [0.3, 0.4) is 0 Å². The summed E-state index contributed by atoms with van der Waals surface area (Å²) in [6.45, 7) is 7.92. The van der Waals surface area contributed by atoms with Gasteiger partial charge in [-0.05, 0) is 45.0 Å². The van der Waals surface area contributed by atoms with Gasteiger partial charge in [0.15, 0.2) is 0 Å². The Morgan fingerprint density at radius 1 is 1.25 bits per heavy atom. The van der Waals surface area contributed by atoms with E-state index < -0.39 is 0 Å². The number of ether oxygens (including phenoxy) is 1. The highest BCUT2D eigenvalue weighted by molar-refractivity contribution is 5.39. The summed E-state index contributed by atoms with van der Waals surface area (Å²) in [5.74, 6) is 1.61. The summed E-state index contributed by atoms with van der Waals surface area (Å²) in [5.41, 5.74) is 1.38. The number of hydrogen-bond acceptors (Lipinski definition) is 3. The highest BCUT2D eigenvalue weighted by Gasteiger charge is 2.25. The molecule has 20 heavy (non-hydrogen) atoms. The Hall–Kier alpha value is -1.06. The van der Waals surface area contributed by atoms with Crippen LogP contribution in [0, 0.1) is 0 Å². The predicted molar refractivity (Wildman–Crippen MR) is 82.4 cm³/mol. The van der Waals surface area contributed by atoms with Crippen LogP contribution < -0.4 is 10.1 Å². The lowest BCUT2D eigenvalue weighted by atomic mass is 9.99. The number of nitrogens with zero attached hydrogens (tertiary/aromatic N) is 1. The molecule has 1 aromatic carbocycles. The molecule has 0 bridgehead atoms. The van der Waals surface area contributed by atoms with Crippen LogP contribution >= 0.6 is 0 Å². The van der Waals surface area contributed by atoms with E-state index in [-0.39, 0.29) is 0 Å². The lowest BCUT2D eigenvalue weighted by Gasteiger charge is -2.32. The number of benzene rings is 1. The summed E-state index contributed by atoms with van der Waals surface area (Å²) in [4.78, 5) is 2.59. The van der Waals surface area contributed by atoms with E-state index in [0.717, 1.165) is 18.9 Å². The Bertz CT molecular complexity index is 427. The van der Waals surface area contributed by atoms with Crippen molar-refractivity contribution >= 4 is 0 Å². The first-order valence-corrected chi connectivity index (χ1v) is 8.04. The monoisotopic (exact) mass is 274 g/mol. The lowest BCUT2D eigenvalue weighted by Crippen LogP contribution is -2.43. The predicted octanol–water partition coefficient (Wildman–Crippen LogP) is 2.63. The topological polar surface area (TPSA) is 24.5 Å². The van der Waals surface area contributed by atoms with Crippen LogP contribution in [-0.2, 0) is 0 Å². The second-order valence-electron chi connectivity index (χ2n) is 6.07. The number of rotatable bonds is 5. The molecule has 3 rings (SSSR count). The van der Waals surface area contributed by atoms with E-state index in [2.05, 4.69) is 41.4 Å². The van der Waals surface area contributed by atoms with Gasteiger partial charge < -0.3 is 15.0 Å². The first-order chi connectivity index (χ1) is 9.86. The average Bonchev–Trinajstić information content (AvgIpc) is 2.90. The van der Waals surface area contributed by atoms with Crippen molar-refractivity contribution in [3.05, 3.63) is 29.8 Å². The molecule has 1 atom stereocenters. The van der Waals surface area contributed by atoms with Gasteiger partial charge in [-0.15, -0.1) is 0 Å². The van der Waals surface area contributed by atoms with Gasteiger partial charge >= 0.3 is 0 Å². The van der Waals surface area contributed by atoms with Crippen LogP contribution in [0.4, 0.5) is 0 Å². The van der Waals surface area contributed by atoms with E-state index in [1.807, 2.05) is 0 Å². The molecule has 0 aliphatic carbocycles. The molecule has 2 aliphatic heterocycles. The summed E-state index contributed by atoms with van der Waals surface area (Å²) in [6.07, 6.45) is 3.85. The fraction of sp³-hybridized carbons (Fsp3) is 0.647. The van der Waals surface area contributed by atoms with E-state index in [1.54, 1.807) is 0 Å². The molecule has 110 valence electrons. The molecule has 0 aromatic heterocycles. The molecule has 0 saturated carbocycles. The lowest BCUT2D eigenvalue weighted by molar-refractivity contribution is 0.196. The molecular weight excluding hydrogens is 248 g/mol. The van der Waals surface area contributed by atoms with Gasteiger partial charge in [-0.25, -0.2) is 0 Å². The van der Waals surface area contributed by atoms with Gasteiger partial charge in [-0.3, -0.25) is 0 Å². The maximum atomic E-state index is 5.75. The molecule has 2 heterocycles. The van der Waals surface area contributed by atoms with Crippen LogP contribution in [0.2, 0.25) is 0 Å². The molecule has 1 fully saturated rings. The Morgan fingerprint density at radius 3 is 2.85 bits per heavy atom. The summed E-state index contributed by atoms with van der Waals surface area (Å²) in [5, 5.41) is 3.76. The Labute approximate surface area is 122 Å². The molecule has 1 saturated heterocycles. The molecule has 0 spiro atoms. The van der Waals surface area contributed by atoms with Crippen LogP contribution in [0.5, 0.6) is 5.75 Å². The van der Waals surface area contributed by atoms with Crippen molar-refractivity contribution in [2.45, 2.75) is 38.1 Å². The second-order valence-corrected chi connectivity index (χ2v) is 6.07. The van der Waals surface area contributed by atoms with Gasteiger partial charge in [0.1, 0.15) is 5.75 Å². The number of para-hydroxylation sites is 1. The van der Waals surface area contributed by atoms with Gasteiger partial charge in [-0.1, -0.05) is 25.1 Å². The summed E-state index contributed by atoms with van der Waals surface area (Å²) in [7, 11) is 0. The maximum absolute atomic E-state index is 5.75. The third-order valence-electron chi connectivity index (χ3n) is 4.58. The maximum Gasteiger partial charge on any atom is 0.122 e. The van der Waals surface area contributed by atoms with Crippen molar-refractivity contribution in [3.63, 3.8) is 0 Å². The van der Waals surface area contributed by atoms with E-state index in [0.29, 0.717) is 12.0 Å². The van der Waals surface area contributed by atoms with Crippen LogP contribution in [0.15, 0.2) is 24.3 Å². The van der Waals surface area contributed by atoms with Gasteiger partial charge in [0.25, 0.3) is 0 Å². The largest absolute Gasteiger partial charge is 0.493 e. The smallest absolute Gasteiger partial charge is 0.122 e. The van der Waals surface area contributed by atoms with Crippen molar-refractivity contribution in [2.75, 3.05) is 32.8 Å². The van der Waals surface area contributed by atoms with Crippen molar-refractivity contribution in [1.82, 2.24) is 10.2 Å². The molecular formula is C17H26N2O. The van der Waals surface area contributed by atoms with Crippen molar-refractivity contribution in [3.8, 4) is 5.75 Å². The van der Waals surface area contributed by atoms with E-state index in [9.17, 15) is 0 Å². The van der Waals surface area contributed by atoms with E-state index in [1.165, 1.54) is 44.5 Å². The van der Waals surface area contributed by atoms with Crippen LogP contribution in [0.25, 0.3) is 0 Å². The SMILES string of the molecule is CCCN1CCC(NCC2COc3ccccc32)CC1. The zero-order valence-corrected chi connectivity index (χ0v) is 12.5. The molecule has 0 radical (unpaired) electrons. The molecule has 1 N–H and O–H groups in total. The summed E-state index contributed by atoms with van der Waals surface area (Å²) in [6, 6.07) is 9.15. The Morgan fingerprint density at radius 2 is 2.05 bits per heavy atom. The zero-order valence-electron chi connectivity index (χ0n) is 12.5. The van der Waals surface area contributed by atoms with Crippen molar-refractivity contribution < 1.29 is 4.74 Å². The first-order valence-electron chi connectivity index (χ1n) is 8.04. The number of piperidine rings is 1. The number of nitrogens with one attached hydrogen (secondary N) is 1. The summed E-state index contributed by atoms with van der Waals surface area (Å²) >= 11 is 0. The quantitative estimate of drug-likeness (QED) is 0.893. The summed E-state index contributed by atoms with van der Waals surface area (Å²) < 4.78 is 5.75. The van der Waals surface area contributed by atoms with Gasteiger partial charge in [-0.2, -0.15) is 0 Å². The molecule has 3 heteroatoms. The average molecular weight is 274 g/mol. The number of hydrogen-bond donors (Lipinski definition) is 1. The van der Waals surface area contributed by atoms with Gasteiger partial charge in [0.2, 0.25) is 0 Å². The number of fused-ring (bicyclic) bond motifs is 1. The highest BCUT2D eigenvalue weighted by Crippen LogP contribution is 2.33. The van der Waals surface area contributed by atoms with Crippen molar-refractivity contribution in [2.24, 2.45) is 0 Å². The minimum Gasteiger partial charge on any atom is -0.493 e. The highest BCUT2D eigenvalue weighted by atomic mass is 16.5. The minimum atomic E-state index is 0.528. The van der Waals surface area contributed by atoms with Gasteiger partial charge in [0, 0.05) is 24.1 Å². The van der Waals surface area contributed by atoms with E-state index in [4.69, 9.17) is 4.74 Å². The minimum absolute atomic E-state index is 0.528. The normalized spacial score (nSPS) is 23.6. The van der Waals surface area contributed by atoms with Crippen LogP contribution in [-0.4, -0.2) is 43.7 Å². The fourth-order valence-corrected chi connectivity index (χ4v) is 3.38. The Balaban J connectivity index is 1.45. The Kier molecular flexibility index (Phi) is 4.58. The fourth-order valence-electron chi connectivity index (χ4n) is 3.38. The molecule has 1 aromatic rings. The molecule has 1 unspecified atom stereocenters. The molecule has 0 amide bonds. The molecule has 3 nitrogen and oxygen atoms in total.